The summed E-state index contributed by atoms with van der Waals surface area (Å²) < 4.78 is 11.7. The fraction of sp³-hybridized carbons (Fsp3) is 0.440. The molecule has 0 radical (unpaired) electrons. The molecule has 1 saturated heterocycles. The molecule has 164 valence electrons. The molecule has 6 heteroatoms. The van der Waals surface area contributed by atoms with Gasteiger partial charge in [0.1, 0.15) is 0 Å². The maximum atomic E-state index is 12.8. The topological polar surface area (TPSA) is 67.9 Å². The first kappa shape index (κ1) is 21.2. The van der Waals surface area contributed by atoms with Crippen LogP contribution in [0.4, 0.5) is 5.69 Å². The first-order valence-electron chi connectivity index (χ1n) is 11.0. The number of aryl methyl sites for hydroxylation is 1. The van der Waals surface area contributed by atoms with Crippen molar-refractivity contribution in [2.75, 3.05) is 19.0 Å². The number of hydrogen-bond donors (Lipinski definition) is 1. The monoisotopic (exact) mass is 422 g/mol. The van der Waals surface area contributed by atoms with E-state index >= 15 is 0 Å². The van der Waals surface area contributed by atoms with Gasteiger partial charge in [0.15, 0.2) is 24.0 Å². The van der Waals surface area contributed by atoms with Crippen molar-refractivity contribution in [3.63, 3.8) is 0 Å². The molecule has 2 unspecified atom stereocenters. The van der Waals surface area contributed by atoms with Crippen LogP contribution in [0.25, 0.3) is 0 Å². The van der Waals surface area contributed by atoms with Gasteiger partial charge in [-0.15, -0.1) is 0 Å². The van der Waals surface area contributed by atoms with E-state index in [4.69, 9.17) is 9.47 Å². The number of rotatable bonds is 8. The molecule has 4 rings (SSSR count). The highest BCUT2D eigenvalue weighted by Crippen LogP contribution is 2.37. The summed E-state index contributed by atoms with van der Waals surface area (Å²) in [5.41, 5.74) is 2.99. The van der Waals surface area contributed by atoms with Gasteiger partial charge >= 0.3 is 0 Å². The molecule has 2 aromatic rings. The second-order valence-electron chi connectivity index (χ2n) is 8.47. The van der Waals surface area contributed by atoms with Crippen LogP contribution in [0.1, 0.15) is 49.1 Å². The second kappa shape index (κ2) is 9.41. The molecule has 0 aromatic heterocycles. The number of ether oxygens (including phenoxy) is 2. The lowest BCUT2D eigenvalue weighted by Gasteiger charge is -2.25. The molecule has 6 nitrogen and oxygen atoms in total. The highest BCUT2D eigenvalue weighted by molar-refractivity contribution is 5.84. The van der Waals surface area contributed by atoms with Crippen LogP contribution in [-0.4, -0.2) is 43.0 Å². The normalized spacial score (nSPS) is 20.0. The predicted octanol–water partition coefficient (Wildman–Crippen LogP) is 4.28. The largest absolute Gasteiger partial charge is 0.493 e. The molecule has 1 amide bonds. The molecular weight excluding hydrogens is 392 g/mol. The maximum Gasteiger partial charge on any atom is 0.225 e. The van der Waals surface area contributed by atoms with Crippen molar-refractivity contribution in [1.29, 1.82) is 0 Å². The Morgan fingerprint density at radius 1 is 1.10 bits per heavy atom. The molecule has 1 aliphatic carbocycles. The highest BCUT2D eigenvalue weighted by atomic mass is 16.5. The summed E-state index contributed by atoms with van der Waals surface area (Å²) >= 11 is 0. The highest BCUT2D eigenvalue weighted by Gasteiger charge is 2.35. The summed E-state index contributed by atoms with van der Waals surface area (Å²) in [5, 5.41) is 3.17. The van der Waals surface area contributed by atoms with Crippen LogP contribution in [0, 0.1) is 6.92 Å². The molecular formula is C25H30N2O4. The van der Waals surface area contributed by atoms with E-state index < -0.39 is 6.17 Å². The van der Waals surface area contributed by atoms with Crippen molar-refractivity contribution < 1.29 is 19.1 Å². The summed E-state index contributed by atoms with van der Waals surface area (Å²) in [5.74, 6) is 1.42. The lowest BCUT2D eigenvalue weighted by molar-refractivity contribution is -0.131. The summed E-state index contributed by atoms with van der Waals surface area (Å²) in [4.78, 5) is 26.2. The van der Waals surface area contributed by atoms with E-state index in [0.717, 1.165) is 41.7 Å². The van der Waals surface area contributed by atoms with Crippen LogP contribution < -0.4 is 14.8 Å². The quantitative estimate of drug-likeness (QED) is 0.643. The Balaban J connectivity index is 1.48. The molecule has 2 aliphatic rings. The molecule has 2 atom stereocenters. The molecule has 1 aliphatic heterocycles. The number of anilines is 1. The number of carbonyl (C=O) groups is 2. The van der Waals surface area contributed by atoms with Crippen LogP contribution in [0.2, 0.25) is 0 Å². The number of carbonyl (C=O) groups excluding carboxylic acids is 2. The van der Waals surface area contributed by atoms with Crippen LogP contribution in [0.15, 0.2) is 42.5 Å². The minimum absolute atomic E-state index is 0.00611. The molecule has 2 aromatic carbocycles. The molecule has 1 saturated carbocycles. The van der Waals surface area contributed by atoms with E-state index in [2.05, 4.69) is 5.32 Å². The zero-order valence-electron chi connectivity index (χ0n) is 18.2. The van der Waals surface area contributed by atoms with Crippen molar-refractivity contribution in [2.45, 2.75) is 57.2 Å². The molecule has 1 N–H and O–H groups in total. The van der Waals surface area contributed by atoms with E-state index in [-0.39, 0.29) is 17.9 Å². The smallest absolute Gasteiger partial charge is 0.225 e. The van der Waals surface area contributed by atoms with Crippen LogP contribution in [0.5, 0.6) is 11.5 Å². The number of nitrogens with zero attached hydrogens (tertiary/aromatic N) is 1. The van der Waals surface area contributed by atoms with Crippen molar-refractivity contribution in [3.05, 3.63) is 53.6 Å². The molecule has 31 heavy (non-hydrogen) atoms. The Labute approximate surface area is 183 Å². The standard InChI is InChI=1S/C25H30N2O4/c1-17-7-10-20(11-8-17)26-24(16-28)27-15-19(14-25(27)29)18-9-12-22(30-2)23(13-18)31-21-5-3-4-6-21/h7-13,16,19,21,24,26H,3-6,14-15H2,1-2H3. The van der Waals surface area contributed by atoms with Crippen molar-refractivity contribution in [2.24, 2.45) is 0 Å². The number of likely N-dealkylation sites (tertiary alicyclic amines) is 1. The summed E-state index contributed by atoms with van der Waals surface area (Å²) in [7, 11) is 1.64. The van der Waals surface area contributed by atoms with Gasteiger partial charge in [-0.25, -0.2) is 0 Å². The molecule has 0 bridgehead atoms. The molecule has 0 spiro atoms. The fourth-order valence-corrected chi connectivity index (χ4v) is 4.45. The Kier molecular flexibility index (Phi) is 6.44. The number of amides is 1. The van der Waals surface area contributed by atoms with Crippen molar-refractivity contribution in [3.8, 4) is 11.5 Å². The van der Waals surface area contributed by atoms with E-state index in [1.807, 2.05) is 49.4 Å². The minimum atomic E-state index is -0.687. The zero-order valence-corrected chi connectivity index (χ0v) is 18.2. The van der Waals surface area contributed by atoms with Gasteiger partial charge in [0.05, 0.1) is 13.2 Å². The lowest BCUT2D eigenvalue weighted by atomic mass is 9.98. The van der Waals surface area contributed by atoms with Gasteiger partial charge in [-0.2, -0.15) is 0 Å². The van der Waals surface area contributed by atoms with Gasteiger partial charge in [0.2, 0.25) is 5.91 Å². The summed E-state index contributed by atoms with van der Waals surface area (Å²) in [6, 6.07) is 13.7. The van der Waals surface area contributed by atoms with E-state index in [0.29, 0.717) is 18.7 Å². The number of hydrogen-bond acceptors (Lipinski definition) is 5. The fourth-order valence-electron chi connectivity index (χ4n) is 4.45. The number of aldehydes is 1. The summed E-state index contributed by atoms with van der Waals surface area (Å²) in [6.07, 6.45) is 5.22. The Bertz CT molecular complexity index is 922. The van der Waals surface area contributed by atoms with Crippen LogP contribution in [0.3, 0.4) is 0 Å². The van der Waals surface area contributed by atoms with Crippen molar-refractivity contribution >= 4 is 17.9 Å². The Hall–Kier alpha value is -3.02. The number of nitrogens with one attached hydrogen (secondary N) is 1. The third kappa shape index (κ3) is 4.84. The third-order valence-electron chi connectivity index (χ3n) is 6.24. The second-order valence-corrected chi connectivity index (χ2v) is 8.47. The average Bonchev–Trinajstić information content (AvgIpc) is 3.43. The number of benzene rings is 2. The van der Waals surface area contributed by atoms with Gasteiger partial charge in [0, 0.05) is 24.6 Å². The third-order valence-corrected chi connectivity index (χ3v) is 6.24. The lowest BCUT2D eigenvalue weighted by Crippen LogP contribution is -2.43. The Morgan fingerprint density at radius 2 is 1.84 bits per heavy atom. The van der Waals surface area contributed by atoms with Gasteiger partial charge < -0.3 is 19.7 Å². The molecule has 2 fully saturated rings. The van der Waals surface area contributed by atoms with Gasteiger partial charge in [-0.3, -0.25) is 9.59 Å². The van der Waals surface area contributed by atoms with Crippen LogP contribution >= 0.6 is 0 Å². The minimum Gasteiger partial charge on any atom is -0.493 e. The first-order valence-corrected chi connectivity index (χ1v) is 11.0. The van der Waals surface area contributed by atoms with Gasteiger partial charge in [-0.1, -0.05) is 23.8 Å². The van der Waals surface area contributed by atoms with Crippen molar-refractivity contribution in [1.82, 2.24) is 4.90 Å². The predicted molar refractivity (Wildman–Crippen MR) is 120 cm³/mol. The first-order chi connectivity index (χ1) is 15.1. The van der Waals surface area contributed by atoms with E-state index in [1.54, 1.807) is 12.0 Å². The van der Waals surface area contributed by atoms with Crippen LogP contribution in [-0.2, 0) is 9.59 Å². The molecule has 1 heterocycles. The van der Waals surface area contributed by atoms with Gasteiger partial charge in [0.25, 0.3) is 0 Å². The maximum absolute atomic E-state index is 12.8. The zero-order chi connectivity index (χ0) is 21.8. The Morgan fingerprint density at radius 3 is 2.52 bits per heavy atom. The number of methoxy groups -OCH3 is 1. The average molecular weight is 423 g/mol. The SMILES string of the molecule is COc1ccc(C2CC(=O)N(C(C=O)Nc3ccc(C)cc3)C2)cc1OC1CCCC1. The summed E-state index contributed by atoms with van der Waals surface area (Å²) in [6.45, 7) is 2.49. The van der Waals surface area contributed by atoms with E-state index in [1.165, 1.54) is 12.8 Å². The van der Waals surface area contributed by atoms with E-state index in [9.17, 15) is 9.59 Å². The van der Waals surface area contributed by atoms with Gasteiger partial charge in [-0.05, 0) is 62.4 Å².